The molecule has 7 rings (SSSR count). The minimum absolute atomic E-state index is 0.0637. The second kappa shape index (κ2) is 5.01. The number of hydrogen-bond acceptors (Lipinski definition) is 4. The van der Waals surface area contributed by atoms with Gasteiger partial charge in [0.1, 0.15) is 0 Å². The quantitative estimate of drug-likeness (QED) is 0.732. The van der Waals surface area contributed by atoms with E-state index < -0.39 is 0 Å². The number of carbonyl (C=O) groups excluding carboxylic acids is 2. The van der Waals surface area contributed by atoms with E-state index in [4.69, 9.17) is 0 Å². The average Bonchev–Trinajstić information content (AvgIpc) is 3.29. The number of hydrogen-bond donors (Lipinski definition) is 0. The number of anilines is 1. The number of aromatic nitrogens is 1. The van der Waals surface area contributed by atoms with Crippen molar-refractivity contribution in [2.24, 2.45) is 23.7 Å². The van der Waals surface area contributed by atoms with Crippen molar-refractivity contribution in [3.8, 4) is 0 Å². The predicted molar refractivity (Wildman–Crippen MR) is 98.8 cm³/mol. The summed E-state index contributed by atoms with van der Waals surface area (Å²) in [5.74, 6) is 0.0139. The van der Waals surface area contributed by atoms with Crippen LogP contribution in [-0.2, 0) is 9.59 Å². The third-order valence-corrected chi connectivity index (χ3v) is 7.30. The Morgan fingerprint density at radius 2 is 1.42 bits per heavy atom. The highest BCUT2D eigenvalue weighted by Gasteiger charge is 2.65. The molecule has 0 radical (unpaired) electrons. The molecule has 1 aliphatic heterocycles. The molecule has 1 aromatic carbocycles. The monoisotopic (exact) mass is 360 g/mol. The Morgan fingerprint density at radius 3 is 1.92 bits per heavy atom. The van der Waals surface area contributed by atoms with Gasteiger partial charge < -0.3 is 0 Å². The van der Waals surface area contributed by atoms with Crippen LogP contribution in [0.2, 0.25) is 0 Å². The van der Waals surface area contributed by atoms with E-state index in [2.05, 4.69) is 41.4 Å². The average molecular weight is 360 g/mol. The van der Waals surface area contributed by atoms with E-state index in [0.29, 0.717) is 5.13 Å². The first-order valence-corrected chi connectivity index (χ1v) is 9.86. The number of thiazole rings is 1. The number of imide groups is 1. The smallest absolute Gasteiger partial charge is 0.240 e. The highest BCUT2D eigenvalue weighted by Crippen LogP contribution is 2.64. The second-order valence-electron chi connectivity index (χ2n) is 7.48. The molecular formula is C21H16N2O2S. The Kier molecular flexibility index (Phi) is 2.82. The summed E-state index contributed by atoms with van der Waals surface area (Å²) in [4.78, 5) is 32.3. The van der Waals surface area contributed by atoms with Crippen molar-refractivity contribution in [1.29, 1.82) is 0 Å². The Hall–Kier alpha value is -2.53. The number of benzene rings is 1. The third-order valence-electron chi connectivity index (χ3n) is 6.55. The molecule has 0 N–H and O–H groups in total. The van der Waals surface area contributed by atoms with E-state index in [9.17, 15) is 9.59 Å². The Labute approximate surface area is 154 Å². The van der Waals surface area contributed by atoms with Gasteiger partial charge in [-0.1, -0.05) is 48.6 Å². The molecule has 0 unspecified atom stereocenters. The molecule has 2 aromatic rings. The summed E-state index contributed by atoms with van der Waals surface area (Å²) in [7, 11) is 0. The lowest BCUT2D eigenvalue weighted by molar-refractivity contribution is -0.125. The summed E-state index contributed by atoms with van der Waals surface area (Å²) in [6, 6.07) is 8.39. The van der Waals surface area contributed by atoms with Crippen molar-refractivity contribution < 1.29 is 9.59 Å². The van der Waals surface area contributed by atoms with Gasteiger partial charge in [-0.2, -0.15) is 0 Å². The first kappa shape index (κ1) is 14.6. The highest BCUT2D eigenvalue weighted by molar-refractivity contribution is 7.14. The van der Waals surface area contributed by atoms with Gasteiger partial charge in [0.2, 0.25) is 11.8 Å². The number of amides is 2. The van der Waals surface area contributed by atoms with Gasteiger partial charge in [0.05, 0.1) is 11.8 Å². The topological polar surface area (TPSA) is 50.3 Å². The zero-order valence-corrected chi connectivity index (χ0v) is 14.7. The summed E-state index contributed by atoms with van der Waals surface area (Å²) in [5, 5.41) is 2.32. The summed E-state index contributed by atoms with van der Waals surface area (Å²) in [6.45, 7) is 0. The molecule has 2 fully saturated rings. The molecule has 5 aliphatic rings. The third kappa shape index (κ3) is 1.62. The minimum Gasteiger partial charge on any atom is -0.274 e. The van der Waals surface area contributed by atoms with Gasteiger partial charge in [-0.3, -0.25) is 9.59 Å². The van der Waals surface area contributed by atoms with Crippen molar-refractivity contribution in [2.75, 3.05) is 4.90 Å². The molecule has 1 aromatic heterocycles. The number of nitrogens with zero attached hydrogens (tertiary/aromatic N) is 2. The van der Waals surface area contributed by atoms with E-state index in [1.165, 1.54) is 27.4 Å². The standard InChI is InChI=1S/C21H16N2O2S/c24-19-17-15-11-5-1-2-6-12(11)16(14-8-4-3-7-13(14)15)18(17)20(25)23(19)21-22-9-10-26-21/h1-12,15-18H/t11-,12-,15-,16+,17+,18+/m0/s1. The van der Waals surface area contributed by atoms with Crippen LogP contribution in [0.1, 0.15) is 23.0 Å². The lowest BCUT2D eigenvalue weighted by Gasteiger charge is -2.53. The fourth-order valence-corrected chi connectivity index (χ4v) is 6.39. The van der Waals surface area contributed by atoms with Gasteiger partial charge in [-0.25, -0.2) is 9.88 Å². The van der Waals surface area contributed by atoms with E-state index >= 15 is 0 Å². The molecule has 128 valence electrons. The molecule has 6 atom stereocenters. The van der Waals surface area contributed by atoms with Crippen LogP contribution in [0.3, 0.4) is 0 Å². The van der Waals surface area contributed by atoms with E-state index in [1.807, 2.05) is 17.5 Å². The molecular weight excluding hydrogens is 344 g/mol. The maximum absolute atomic E-state index is 13.4. The molecule has 2 bridgehead atoms. The molecule has 0 spiro atoms. The minimum atomic E-state index is -0.274. The van der Waals surface area contributed by atoms with Gasteiger partial charge in [0, 0.05) is 23.4 Å². The van der Waals surface area contributed by atoms with E-state index in [0.717, 1.165) is 0 Å². The summed E-state index contributed by atoms with van der Waals surface area (Å²) >= 11 is 1.35. The molecule has 2 amide bonds. The molecule has 5 heteroatoms. The molecule has 4 nitrogen and oxygen atoms in total. The van der Waals surface area contributed by atoms with Crippen molar-refractivity contribution in [1.82, 2.24) is 4.98 Å². The van der Waals surface area contributed by atoms with Crippen molar-refractivity contribution in [3.05, 3.63) is 71.3 Å². The first-order chi connectivity index (χ1) is 12.8. The molecule has 2 heterocycles. The molecule has 1 saturated carbocycles. The zero-order valence-electron chi connectivity index (χ0n) is 13.9. The SMILES string of the molecule is O=C1[C@H]2[C@H](C(=O)N1c1nccs1)[C@H]1c3ccccc3[C@@H]2[C@H]2C=CC=C[C@@H]21. The maximum Gasteiger partial charge on any atom is 0.240 e. The number of carbonyl (C=O) groups is 2. The highest BCUT2D eigenvalue weighted by atomic mass is 32.1. The van der Waals surface area contributed by atoms with Crippen LogP contribution >= 0.6 is 11.3 Å². The zero-order chi connectivity index (χ0) is 17.4. The summed E-state index contributed by atoms with van der Waals surface area (Å²) in [5.41, 5.74) is 2.50. The van der Waals surface area contributed by atoms with Crippen LogP contribution in [0.15, 0.2) is 60.1 Å². The van der Waals surface area contributed by atoms with Gasteiger partial charge in [-0.05, 0) is 23.0 Å². The first-order valence-electron chi connectivity index (χ1n) is 8.98. The van der Waals surface area contributed by atoms with Crippen LogP contribution in [0, 0.1) is 23.7 Å². The number of allylic oxidation sites excluding steroid dienone is 4. The normalized spacial score (nSPS) is 36.2. The fourth-order valence-electron chi connectivity index (χ4n) is 5.74. The van der Waals surface area contributed by atoms with Crippen molar-refractivity contribution in [2.45, 2.75) is 11.8 Å². The van der Waals surface area contributed by atoms with E-state index in [-0.39, 0.29) is 47.3 Å². The molecule has 26 heavy (non-hydrogen) atoms. The van der Waals surface area contributed by atoms with Crippen molar-refractivity contribution in [3.63, 3.8) is 0 Å². The van der Waals surface area contributed by atoms with Crippen LogP contribution < -0.4 is 4.90 Å². The summed E-state index contributed by atoms with van der Waals surface area (Å²) < 4.78 is 0. The molecule has 1 saturated heterocycles. The van der Waals surface area contributed by atoms with Gasteiger partial charge in [0.15, 0.2) is 5.13 Å². The Morgan fingerprint density at radius 1 is 0.846 bits per heavy atom. The Bertz CT molecular complexity index is 930. The lowest BCUT2D eigenvalue weighted by Crippen LogP contribution is -2.49. The van der Waals surface area contributed by atoms with Crippen LogP contribution in [0.4, 0.5) is 5.13 Å². The number of rotatable bonds is 1. The fraction of sp³-hybridized carbons (Fsp3) is 0.286. The van der Waals surface area contributed by atoms with Crippen LogP contribution in [-0.4, -0.2) is 16.8 Å². The largest absolute Gasteiger partial charge is 0.274 e. The van der Waals surface area contributed by atoms with Crippen molar-refractivity contribution >= 4 is 28.3 Å². The Balaban J connectivity index is 1.57. The van der Waals surface area contributed by atoms with Gasteiger partial charge >= 0.3 is 0 Å². The van der Waals surface area contributed by atoms with Gasteiger partial charge in [0.25, 0.3) is 0 Å². The van der Waals surface area contributed by atoms with E-state index in [1.54, 1.807) is 6.20 Å². The van der Waals surface area contributed by atoms with Crippen LogP contribution in [0.25, 0.3) is 0 Å². The second-order valence-corrected chi connectivity index (χ2v) is 8.36. The van der Waals surface area contributed by atoms with Crippen LogP contribution in [0.5, 0.6) is 0 Å². The summed E-state index contributed by atoms with van der Waals surface area (Å²) in [6.07, 6.45) is 10.3. The maximum atomic E-state index is 13.4. The lowest BCUT2D eigenvalue weighted by atomic mass is 9.48. The molecule has 4 aliphatic carbocycles. The van der Waals surface area contributed by atoms with Gasteiger partial charge in [-0.15, -0.1) is 11.3 Å². The predicted octanol–water partition coefficient (Wildman–Crippen LogP) is 3.50.